The van der Waals surface area contributed by atoms with Crippen molar-refractivity contribution in [2.75, 3.05) is 12.4 Å². The lowest BCUT2D eigenvalue weighted by molar-refractivity contribution is -0.116. The van der Waals surface area contributed by atoms with E-state index in [0.717, 1.165) is 17.7 Å². The van der Waals surface area contributed by atoms with E-state index in [-0.39, 0.29) is 5.91 Å². The molecule has 1 amide bonds. The Kier molecular flexibility index (Phi) is 5.73. The Morgan fingerprint density at radius 2 is 1.86 bits per heavy atom. The molecule has 3 heteroatoms. The molecule has 0 aliphatic carbocycles. The summed E-state index contributed by atoms with van der Waals surface area (Å²) in [5, 5.41) is 2.94. The predicted molar refractivity (Wildman–Crippen MR) is 90.0 cm³/mol. The van der Waals surface area contributed by atoms with E-state index in [0.29, 0.717) is 13.0 Å². The van der Waals surface area contributed by atoms with Gasteiger partial charge in [-0.25, -0.2) is 0 Å². The van der Waals surface area contributed by atoms with Crippen LogP contribution < -0.4 is 5.32 Å². The van der Waals surface area contributed by atoms with Gasteiger partial charge in [0.05, 0.1) is 6.61 Å². The zero-order chi connectivity index (χ0) is 15.9. The fraction of sp³-hybridized carbons (Fsp3) is 0.316. The third-order valence-electron chi connectivity index (χ3n) is 3.73. The average molecular weight is 297 g/mol. The molecule has 0 bridgehead atoms. The maximum atomic E-state index is 12.1. The molecule has 0 atom stereocenters. The Bertz CT molecular complexity index is 650. The first-order chi connectivity index (χ1) is 10.6. The number of hydrogen-bond donors (Lipinski definition) is 1. The molecule has 0 aromatic heterocycles. The van der Waals surface area contributed by atoms with Gasteiger partial charge in [-0.05, 0) is 54.7 Å². The van der Waals surface area contributed by atoms with E-state index < -0.39 is 0 Å². The van der Waals surface area contributed by atoms with Crippen LogP contribution in [0, 0.1) is 13.8 Å². The average Bonchev–Trinajstić information content (AvgIpc) is 2.49. The van der Waals surface area contributed by atoms with Crippen LogP contribution in [-0.4, -0.2) is 13.0 Å². The molecule has 0 aliphatic heterocycles. The molecule has 2 aromatic carbocycles. The van der Waals surface area contributed by atoms with Crippen molar-refractivity contribution in [3.8, 4) is 0 Å². The van der Waals surface area contributed by atoms with Crippen LogP contribution in [0.25, 0.3) is 0 Å². The number of nitrogens with one attached hydrogen (secondary N) is 1. The summed E-state index contributed by atoms with van der Waals surface area (Å²) in [6, 6.07) is 14.1. The maximum absolute atomic E-state index is 12.1. The van der Waals surface area contributed by atoms with Gasteiger partial charge in [0.25, 0.3) is 0 Å². The number of carbonyl (C=O) groups is 1. The Labute approximate surface area is 132 Å². The van der Waals surface area contributed by atoms with Gasteiger partial charge in [0.1, 0.15) is 0 Å². The molecule has 0 saturated carbocycles. The minimum Gasteiger partial charge on any atom is -0.380 e. The van der Waals surface area contributed by atoms with Crippen molar-refractivity contribution in [2.45, 2.75) is 33.3 Å². The smallest absolute Gasteiger partial charge is 0.224 e. The lowest BCUT2D eigenvalue weighted by Gasteiger charge is -2.08. The summed E-state index contributed by atoms with van der Waals surface area (Å²) in [4.78, 5) is 12.1. The molecule has 0 heterocycles. The highest BCUT2D eigenvalue weighted by Crippen LogP contribution is 2.14. The first kappa shape index (κ1) is 16.2. The monoisotopic (exact) mass is 297 g/mol. The quantitative estimate of drug-likeness (QED) is 0.874. The van der Waals surface area contributed by atoms with Crippen LogP contribution in [0.3, 0.4) is 0 Å². The van der Waals surface area contributed by atoms with Crippen LogP contribution in [0.2, 0.25) is 0 Å². The second-order valence-corrected chi connectivity index (χ2v) is 5.60. The van der Waals surface area contributed by atoms with E-state index in [1.54, 1.807) is 7.11 Å². The third kappa shape index (κ3) is 4.71. The molecule has 0 radical (unpaired) electrons. The molecular formula is C19H23NO2. The standard InChI is InChI=1S/C19H23NO2/c1-14-7-8-16(11-15(14)2)9-10-19(21)20-18-6-4-5-17(12-18)13-22-3/h4-8,11-12H,9-10,13H2,1-3H3,(H,20,21). The Morgan fingerprint density at radius 3 is 2.59 bits per heavy atom. The fourth-order valence-electron chi connectivity index (χ4n) is 2.35. The number of rotatable bonds is 6. The first-order valence-electron chi connectivity index (χ1n) is 7.52. The van der Waals surface area contributed by atoms with E-state index in [4.69, 9.17) is 4.74 Å². The molecule has 0 unspecified atom stereocenters. The second-order valence-electron chi connectivity index (χ2n) is 5.60. The molecule has 3 nitrogen and oxygen atoms in total. The van der Waals surface area contributed by atoms with Crippen LogP contribution >= 0.6 is 0 Å². The fourth-order valence-corrected chi connectivity index (χ4v) is 2.35. The number of aryl methyl sites for hydroxylation is 3. The van der Waals surface area contributed by atoms with Gasteiger partial charge in [0.2, 0.25) is 5.91 Å². The van der Waals surface area contributed by atoms with Gasteiger partial charge in [-0.3, -0.25) is 4.79 Å². The van der Waals surface area contributed by atoms with E-state index >= 15 is 0 Å². The van der Waals surface area contributed by atoms with Crippen molar-refractivity contribution in [3.05, 3.63) is 64.7 Å². The van der Waals surface area contributed by atoms with Crippen molar-refractivity contribution in [3.63, 3.8) is 0 Å². The number of carbonyl (C=O) groups excluding carboxylic acids is 1. The normalized spacial score (nSPS) is 10.5. The van der Waals surface area contributed by atoms with Gasteiger partial charge < -0.3 is 10.1 Å². The number of amides is 1. The number of hydrogen-bond acceptors (Lipinski definition) is 2. The number of methoxy groups -OCH3 is 1. The Balaban J connectivity index is 1.90. The molecule has 2 aromatic rings. The first-order valence-corrected chi connectivity index (χ1v) is 7.52. The molecule has 0 spiro atoms. The topological polar surface area (TPSA) is 38.3 Å². The summed E-state index contributed by atoms with van der Waals surface area (Å²) in [5.74, 6) is 0.0350. The third-order valence-corrected chi connectivity index (χ3v) is 3.73. The van der Waals surface area contributed by atoms with Crippen LogP contribution in [0.15, 0.2) is 42.5 Å². The number of anilines is 1. The summed E-state index contributed by atoms with van der Waals surface area (Å²) in [5.41, 5.74) is 5.62. The van der Waals surface area contributed by atoms with E-state index in [1.165, 1.54) is 16.7 Å². The Morgan fingerprint density at radius 1 is 1.05 bits per heavy atom. The van der Waals surface area contributed by atoms with Crippen LogP contribution in [0.1, 0.15) is 28.7 Å². The van der Waals surface area contributed by atoms with Gasteiger partial charge >= 0.3 is 0 Å². The molecule has 0 saturated heterocycles. The summed E-state index contributed by atoms with van der Waals surface area (Å²) < 4.78 is 5.10. The summed E-state index contributed by atoms with van der Waals surface area (Å²) >= 11 is 0. The second kappa shape index (κ2) is 7.76. The SMILES string of the molecule is COCc1cccc(NC(=O)CCc2ccc(C)c(C)c2)c1. The molecular weight excluding hydrogens is 274 g/mol. The molecule has 2 rings (SSSR count). The van der Waals surface area contributed by atoms with Gasteiger partial charge in [-0.1, -0.05) is 30.3 Å². The minimum absolute atomic E-state index is 0.0350. The number of benzene rings is 2. The van der Waals surface area contributed by atoms with Gasteiger partial charge in [0, 0.05) is 19.2 Å². The lowest BCUT2D eigenvalue weighted by atomic mass is 10.0. The van der Waals surface area contributed by atoms with E-state index in [1.807, 2.05) is 24.3 Å². The minimum atomic E-state index is 0.0350. The van der Waals surface area contributed by atoms with Crippen LogP contribution in [0.4, 0.5) is 5.69 Å². The molecule has 116 valence electrons. The maximum Gasteiger partial charge on any atom is 0.224 e. The van der Waals surface area contributed by atoms with Gasteiger partial charge in [-0.15, -0.1) is 0 Å². The van der Waals surface area contributed by atoms with Crippen LogP contribution in [-0.2, 0) is 22.6 Å². The highest BCUT2D eigenvalue weighted by Gasteiger charge is 2.05. The Hall–Kier alpha value is -2.13. The molecule has 22 heavy (non-hydrogen) atoms. The lowest BCUT2D eigenvalue weighted by Crippen LogP contribution is -2.12. The van der Waals surface area contributed by atoms with Crippen molar-refractivity contribution in [2.24, 2.45) is 0 Å². The number of ether oxygens (including phenoxy) is 1. The highest BCUT2D eigenvalue weighted by atomic mass is 16.5. The van der Waals surface area contributed by atoms with E-state index in [2.05, 4.69) is 37.4 Å². The molecule has 0 aliphatic rings. The summed E-state index contributed by atoms with van der Waals surface area (Å²) in [6.07, 6.45) is 1.24. The predicted octanol–water partition coefficient (Wildman–Crippen LogP) is 4.02. The summed E-state index contributed by atoms with van der Waals surface area (Å²) in [6.45, 7) is 4.74. The summed E-state index contributed by atoms with van der Waals surface area (Å²) in [7, 11) is 1.66. The van der Waals surface area contributed by atoms with Crippen molar-refractivity contribution in [1.82, 2.24) is 0 Å². The highest BCUT2D eigenvalue weighted by molar-refractivity contribution is 5.90. The van der Waals surface area contributed by atoms with Gasteiger partial charge in [-0.2, -0.15) is 0 Å². The van der Waals surface area contributed by atoms with Gasteiger partial charge in [0.15, 0.2) is 0 Å². The van der Waals surface area contributed by atoms with Crippen molar-refractivity contribution in [1.29, 1.82) is 0 Å². The van der Waals surface area contributed by atoms with E-state index in [9.17, 15) is 4.79 Å². The zero-order valence-corrected chi connectivity index (χ0v) is 13.5. The molecule has 1 N–H and O–H groups in total. The van der Waals surface area contributed by atoms with Crippen molar-refractivity contribution < 1.29 is 9.53 Å². The van der Waals surface area contributed by atoms with Crippen molar-refractivity contribution >= 4 is 11.6 Å². The largest absolute Gasteiger partial charge is 0.380 e. The zero-order valence-electron chi connectivity index (χ0n) is 13.5. The van der Waals surface area contributed by atoms with Crippen LogP contribution in [0.5, 0.6) is 0 Å². The molecule has 0 fully saturated rings.